The molecule has 0 radical (unpaired) electrons. The van der Waals surface area contributed by atoms with Crippen molar-refractivity contribution in [3.8, 4) is 5.69 Å². The zero-order valence-electron chi connectivity index (χ0n) is 10.9. The van der Waals surface area contributed by atoms with E-state index in [-0.39, 0.29) is 0 Å². The van der Waals surface area contributed by atoms with E-state index < -0.39 is 6.29 Å². The molecule has 0 fully saturated rings. The molecule has 0 saturated heterocycles. The van der Waals surface area contributed by atoms with Crippen LogP contribution in [0.1, 0.15) is 25.8 Å². The number of ether oxygens (including phenoxy) is 2. The second-order valence-corrected chi connectivity index (χ2v) is 4.73. The maximum atomic E-state index is 5.49. The summed E-state index contributed by atoms with van der Waals surface area (Å²) in [6.45, 7) is 4.97. The van der Waals surface area contributed by atoms with Gasteiger partial charge in [-0.25, -0.2) is 4.68 Å². The highest BCUT2D eigenvalue weighted by Crippen LogP contribution is 2.19. The zero-order valence-corrected chi connectivity index (χ0v) is 12.5. The fourth-order valence-corrected chi connectivity index (χ4v) is 2.04. The maximum absolute atomic E-state index is 5.49. The molecule has 0 atom stereocenters. The fourth-order valence-electron chi connectivity index (χ4n) is 1.65. The van der Waals surface area contributed by atoms with Crippen LogP contribution in [-0.2, 0) is 9.47 Å². The van der Waals surface area contributed by atoms with E-state index in [1.165, 1.54) is 0 Å². The van der Waals surface area contributed by atoms with Gasteiger partial charge >= 0.3 is 0 Å². The molecule has 0 amide bonds. The summed E-state index contributed by atoms with van der Waals surface area (Å²) >= 11 is 3.43. The molecule has 0 saturated carbocycles. The van der Waals surface area contributed by atoms with Crippen LogP contribution in [0.2, 0.25) is 0 Å². The molecule has 0 spiro atoms. The molecule has 0 aliphatic carbocycles. The van der Waals surface area contributed by atoms with Crippen LogP contribution in [0.25, 0.3) is 5.69 Å². The molecule has 1 aromatic heterocycles. The first-order valence-corrected chi connectivity index (χ1v) is 6.95. The van der Waals surface area contributed by atoms with Crippen molar-refractivity contribution in [3.63, 3.8) is 0 Å². The summed E-state index contributed by atoms with van der Waals surface area (Å²) in [7, 11) is 0. The highest BCUT2D eigenvalue weighted by atomic mass is 79.9. The molecule has 2 rings (SSSR count). The number of rotatable bonds is 6. The molecular formula is C13H16BrN3O2. The molecule has 1 aromatic carbocycles. The van der Waals surface area contributed by atoms with Crippen LogP contribution in [0.3, 0.4) is 0 Å². The Balaban J connectivity index is 2.22. The largest absolute Gasteiger partial charge is 0.347 e. The van der Waals surface area contributed by atoms with E-state index in [1.54, 1.807) is 4.68 Å². The number of hydrogen-bond donors (Lipinski definition) is 0. The Morgan fingerprint density at radius 3 is 2.63 bits per heavy atom. The third-order valence-corrected chi connectivity index (χ3v) is 2.95. The maximum Gasteiger partial charge on any atom is 0.204 e. The summed E-state index contributed by atoms with van der Waals surface area (Å²) in [6, 6.07) is 7.84. The Bertz CT molecular complexity index is 524. The molecule has 0 aliphatic rings. The van der Waals surface area contributed by atoms with Crippen LogP contribution >= 0.6 is 15.9 Å². The lowest BCUT2D eigenvalue weighted by atomic mass is 10.3. The monoisotopic (exact) mass is 325 g/mol. The molecule has 2 aromatic rings. The Kier molecular flexibility index (Phi) is 5.07. The summed E-state index contributed by atoms with van der Waals surface area (Å²) in [5, 5.41) is 8.21. The van der Waals surface area contributed by atoms with E-state index in [9.17, 15) is 0 Å². The van der Waals surface area contributed by atoms with E-state index >= 15 is 0 Å². The Hall–Kier alpha value is -1.24. The lowest BCUT2D eigenvalue weighted by Gasteiger charge is -2.13. The topological polar surface area (TPSA) is 49.2 Å². The smallest absolute Gasteiger partial charge is 0.204 e. The predicted molar refractivity (Wildman–Crippen MR) is 75.1 cm³/mol. The first-order chi connectivity index (χ1) is 9.24. The van der Waals surface area contributed by atoms with Crippen molar-refractivity contribution in [3.05, 3.63) is 40.6 Å². The van der Waals surface area contributed by atoms with Crippen LogP contribution in [0.5, 0.6) is 0 Å². The number of halogens is 1. The van der Waals surface area contributed by atoms with Gasteiger partial charge in [0.05, 0.1) is 11.9 Å². The van der Waals surface area contributed by atoms with Gasteiger partial charge in [-0.1, -0.05) is 27.2 Å². The van der Waals surface area contributed by atoms with Crippen molar-refractivity contribution in [2.45, 2.75) is 20.1 Å². The van der Waals surface area contributed by atoms with Gasteiger partial charge in [0.1, 0.15) is 5.69 Å². The van der Waals surface area contributed by atoms with Crippen molar-refractivity contribution in [2.24, 2.45) is 0 Å². The molecule has 6 heteroatoms. The van der Waals surface area contributed by atoms with Crippen molar-refractivity contribution in [2.75, 3.05) is 13.2 Å². The lowest BCUT2D eigenvalue weighted by Crippen LogP contribution is -2.09. The van der Waals surface area contributed by atoms with Gasteiger partial charge in [-0.05, 0) is 32.0 Å². The summed E-state index contributed by atoms with van der Waals surface area (Å²) in [5.41, 5.74) is 1.60. The van der Waals surface area contributed by atoms with E-state index in [1.807, 2.05) is 44.3 Å². The van der Waals surface area contributed by atoms with Crippen LogP contribution in [0.4, 0.5) is 0 Å². The van der Waals surface area contributed by atoms with Crippen LogP contribution < -0.4 is 0 Å². The van der Waals surface area contributed by atoms with Crippen molar-refractivity contribution in [1.29, 1.82) is 0 Å². The van der Waals surface area contributed by atoms with Crippen LogP contribution in [0, 0.1) is 0 Å². The van der Waals surface area contributed by atoms with Gasteiger partial charge in [-0.2, -0.15) is 0 Å². The standard InChI is InChI=1S/C13H16BrN3O2/c1-3-18-13(19-4-2)12-9-17(16-15-12)11-7-5-6-10(14)8-11/h5-9,13H,3-4H2,1-2H3. The minimum Gasteiger partial charge on any atom is -0.347 e. The Labute approximate surface area is 120 Å². The Morgan fingerprint density at radius 2 is 2.00 bits per heavy atom. The first kappa shape index (κ1) is 14.2. The molecule has 0 N–H and O–H groups in total. The van der Waals surface area contributed by atoms with Gasteiger partial charge in [0.25, 0.3) is 0 Å². The summed E-state index contributed by atoms with van der Waals surface area (Å²) in [4.78, 5) is 0. The van der Waals surface area contributed by atoms with E-state index in [2.05, 4.69) is 26.2 Å². The van der Waals surface area contributed by atoms with E-state index in [0.29, 0.717) is 18.9 Å². The van der Waals surface area contributed by atoms with E-state index in [4.69, 9.17) is 9.47 Å². The third-order valence-electron chi connectivity index (χ3n) is 2.46. The highest BCUT2D eigenvalue weighted by molar-refractivity contribution is 9.10. The average molecular weight is 326 g/mol. The van der Waals surface area contributed by atoms with Crippen LogP contribution in [-0.4, -0.2) is 28.2 Å². The molecule has 0 bridgehead atoms. The molecule has 1 heterocycles. The van der Waals surface area contributed by atoms with Crippen LogP contribution in [0.15, 0.2) is 34.9 Å². The SMILES string of the molecule is CCOC(OCC)c1cn(-c2cccc(Br)c2)nn1. The second kappa shape index (κ2) is 6.79. The van der Waals surface area contributed by atoms with Gasteiger partial charge in [0, 0.05) is 17.7 Å². The third kappa shape index (κ3) is 3.62. The van der Waals surface area contributed by atoms with Crippen molar-refractivity contribution in [1.82, 2.24) is 15.0 Å². The van der Waals surface area contributed by atoms with Gasteiger partial charge in [-0.3, -0.25) is 0 Å². The normalized spacial score (nSPS) is 11.2. The predicted octanol–water partition coefficient (Wildman–Crippen LogP) is 3.10. The van der Waals surface area contributed by atoms with Gasteiger partial charge < -0.3 is 9.47 Å². The minimum absolute atomic E-state index is 0.462. The molecule has 102 valence electrons. The highest BCUT2D eigenvalue weighted by Gasteiger charge is 2.16. The zero-order chi connectivity index (χ0) is 13.7. The summed E-state index contributed by atoms with van der Waals surface area (Å²) < 4.78 is 13.7. The van der Waals surface area contributed by atoms with Gasteiger partial charge in [0.2, 0.25) is 6.29 Å². The number of nitrogens with zero attached hydrogens (tertiary/aromatic N) is 3. The van der Waals surface area contributed by atoms with E-state index in [0.717, 1.165) is 10.2 Å². The fraction of sp³-hybridized carbons (Fsp3) is 0.385. The quantitative estimate of drug-likeness (QED) is 0.766. The molecule has 0 unspecified atom stereocenters. The second-order valence-electron chi connectivity index (χ2n) is 3.81. The average Bonchev–Trinajstić information content (AvgIpc) is 2.88. The lowest BCUT2D eigenvalue weighted by molar-refractivity contribution is -0.142. The molecule has 0 aliphatic heterocycles. The molecule has 19 heavy (non-hydrogen) atoms. The minimum atomic E-state index is -0.462. The molecule has 5 nitrogen and oxygen atoms in total. The number of aromatic nitrogens is 3. The Morgan fingerprint density at radius 1 is 1.26 bits per heavy atom. The summed E-state index contributed by atoms with van der Waals surface area (Å²) in [5.74, 6) is 0. The van der Waals surface area contributed by atoms with Crippen molar-refractivity contribution >= 4 is 15.9 Å². The first-order valence-electron chi connectivity index (χ1n) is 6.16. The van der Waals surface area contributed by atoms with Gasteiger partial charge in [0.15, 0.2) is 0 Å². The number of benzene rings is 1. The van der Waals surface area contributed by atoms with Gasteiger partial charge in [-0.15, -0.1) is 5.10 Å². The number of hydrogen-bond acceptors (Lipinski definition) is 4. The molecular weight excluding hydrogens is 310 g/mol. The van der Waals surface area contributed by atoms with Crippen molar-refractivity contribution < 1.29 is 9.47 Å². The summed E-state index contributed by atoms with van der Waals surface area (Å²) in [6.07, 6.45) is 1.36.